The highest BCUT2D eigenvalue weighted by atomic mass is 35.5. The molecule has 2 aliphatic rings. The number of hydrogen-bond donors (Lipinski definition) is 1. The van der Waals surface area contributed by atoms with Crippen LogP contribution in [0.25, 0.3) is 0 Å². The van der Waals surface area contributed by atoms with Crippen molar-refractivity contribution in [3.8, 4) is 0 Å². The minimum absolute atomic E-state index is 0.132. The molecule has 1 aliphatic carbocycles. The van der Waals surface area contributed by atoms with Crippen LogP contribution >= 0.6 is 11.6 Å². The van der Waals surface area contributed by atoms with E-state index in [2.05, 4.69) is 4.98 Å². The first-order valence-corrected chi connectivity index (χ1v) is 8.54. The van der Waals surface area contributed by atoms with Gasteiger partial charge in [-0.05, 0) is 30.9 Å². The lowest BCUT2D eigenvalue weighted by Crippen LogP contribution is -2.58. The van der Waals surface area contributed by atoms with Gasteiger partial charge in [-0.3, -0.25) is 20.7 Å². The Morgan fingerprint density at radius 1 is 1.50 bits per heavy atom. The van der Waals surface area contributed by atoms with Gasteiger partial charge in [-0.2, -0.15) is 0 Å². The third-order valence-electron chi connectivity index (χ3n) is 4.87. The predicted molar refractivity (Wildman–Crippen MR) is 91.8 cm³/mol. The molecule has 130 valence electrons. The van der Waals surface area contributed by atoms with E-state index in [9.17, 15) is 10.1 Å². The lowest BCUT2D eigenvalue weighted by Gasteiger charge is -2.42. The van der Waals surface area contributed by atoms with E-state index in [0.29, 0.717) is 16.9 Å². The Hall–Kier alpha value is -1.70. The van der Waals surface area contributed by atoms with Gasteiger partial charge in [0.1, 0.15) is 11.4 Å². The van der Waals surface area contributed by atoms with Crippen LogP contribution < -0.4 is 5.73 Å². The monoisotopic (exact) mass is 351 g/mol. The molecule has 3 rings (SSSR count). The van der Waals surface area contributed by atoms with Crippen molar-refractivity contribution in [2.24, 2.45) is 5.73 Å². The molecule has 2 heterocycles. The summed E-state index contributed by atoms with van der Waals surface area (Å²) in [7, 11) is 1.84. The Labute approximate surface area is 146 Å². The fourth-order valence-electron chi connectivity index (χ4n) is 3.45. The molecule has 1 saturated carbocycles. The standard InChI is InChI=1S/C16H22ClN5O2/c1-3-12(10-4-7-14(17)19-8-10)15-13(22(23)24)9-21(11-5-6-11)16(18)20(15)2/h4,7-8,11-12,16H,3,5-6,9,18H2,1-2H3. The number of hydrogen-bond acceptors (Lipinski definition) is 6. The number of nitrogens with zero attached hydrogens (tertiary/aromatic N) is 4. The molecule has 0 saturated heterocycles. The van der Waals surface area contributed by atoms with Crippen molar-refractivity contribution in [2.75, 3.05) is 13.6 Å². The zero-order valence-electron chi connectivity index (χ0n) is 13.9. The van der Waals surface area contributed by atoms with Crippen molar-refractivity contribution in [1.82, 2.24) is 14.8 Å². The maximum atomic E-state index is 11.7. The molecule has 0 spiro atoms. The summed E-state index contributed by atoms with van der Waals surface area (Å²) in [5, 5.41) is 12.1. The Morgan fingerprint density at radius 2 is 2.21 bits per heavy atom. The molecule has 0 amide bonds. The number of allylic oxidation sites excluding steroid dienone is 1. The maximum absolute atomic E-state index is 11.7. The minimum atomic E-state index is -0.342. The first-order chi connectivity index (χ1) is 11.4. The van der Waals surface area contributed by atoms with Crippen molar-refractivity contribution in [3.63, 3.8) is 0 Å². The summed E-state index contributed by atoms with van der Waals surface area (Å²) in [6, 6.07) is 3.95. The SMILES string of the molecule is CCC(C1=C([N+](=O)[O-])CN(C2CC2)C(N)N1C)c1ccc(Cl)nc1. The van der Waals surface area contributed by atoms with E-state index >= 15 is 0 Å². The summed E-state index contributed by atoms with van der Waals surface area (Å²) in [5.41, 5.74) is 8.19. The van der Waals surface area contributed by atoms with Gasteiger partial charge >= 0.3 is 0 Å². The van der Waals surface area contributed by atoms with E-state index in [0.717, 1.165) is 24.8 Å². The van der Waals surface area contributed by atoms with E-state index in [1.54, 1.807) is 12.3 Å². The van der Waals surface area contributed by atoms with Gasteiger partial charge in [-0.1, -0.05) is 24.6 Å². The smallest absolute Gasteiger partial charge is 0.279 e. The Kier molecular flexibility index (Phi) is 4.76. The quantitative estimate of drug-likeness (QED) is 0.497. The first kappa shape index (κ1) is 17.1. The zero-order chi connectivity index (χ0) is 17.4. The van der Waals surface area contributed by atoms with E-state index in [4.69, 9.17) is 17.3 Å². The van der Waals surface area contributed by atoms with E-state index in [1.165, 1.54) is 0 Å². The summed E-state index contributed by atoms with van der Waals surface area (Å²) in [4.78, 5) is 19.5. The number of likely N-dealkylation sites (N-methyl/N-ethyl adjacent to an activating group) is 1. The highest BCUT2D eigenvalue weighted by Gasteiger charge is 2.44. The Morgan fingerprint density at radius 3 is 2.71 bits per heavy atom. The van der Waals surface area contributed by atoms with E-state index < -0.39 is 0 Å². The molecule has 7 nitrogen and oxygen atoms in total. The topological polar surface area (TPSA) is 88.5 Å². The zero-order valence-corrected chi connectivity index (χ0v) is 14.6. The molecule has 1 fully saturated rings. The van der Waals surface area contributed by atoms with E-state index in [1.807, 2.05) is 29.8 Å². The molecule has 1 aromatic heterocycles. The molecule has 0 bridgehead atoms. The largest absolute Gasteiger partial charge is 0.344 e. The third-order valence-corrected chi connectivity index (χ3v) is 5.10. The van der Waals surface area contributed by atoms with Crippen LogP contribution in [0.4, 0.5) is 0 Å². The molecule has 2 atom stereocenters. The lowest BCUT2D eigenvalue weighted by atomic mass is 9.91. The van der Waals surface area contributed by atoms with Crippen molar-refractivity contribution in [3.05, 3.63) is 50.6 Å². The minimum Gasteiger partial charge on any atom is -0.344 e. The normalized spacial score (nSPS) is 23.5. The van der Waals surface area contributed by atoms with Crippen molar-refractivity contribution < 1.29 is 4.92 Å². The molecule has 1 aromatic rings. The number of aromatic nitrogens is 1. The van der Waals surface area contributed by atoms with Crippen molar-refractivity contribution in [2.45, 2.75) is 44.4 Å². The third kappa shape index (κ3) is 3.11. The van der Waals surface area contributed by atoms with Crippen molar-refractivity contribution in [1.29, 1.82) is 0 Å². The summed E-state index contributed by atoms with van der Waals surface area (Å²) < 4.78 is 0. The van der Waals surface area contributed by atoms with Crippen LogP contribution in [-0.4, -0.2) is 45.6 Å². The summed E-state index contributed by atoms with van der Waals surface area (Å²) in [5.74, 6) is -0.132. The molecule has 24 heavy (non-hydrogen) atoms. The molecule has 2 N–H and O–H groups in total. The van der Waals surface area contributed by atoms with Crippen LogP contribution in [0.2, 0.25) is 5.15 Å². The maximum Gasteiger partial charge on any atom is 0.279 e. The second-order valence-electron chi connectivity index (χ2n) is 6.39. The number of pyridine rings is 1. The number of halogens is 1. The van der Waals surface area contributed by atoms with Gasteiger partial charge in [-0.25, -0.2) is 4.98 Å². The molecule has 8 heteroatoms. The van der Waals surface area contributed by atoms with Crippen LogP contribution in [0.15, 0.2) is 29.7 Å². The molecule has 1 aliphatic heterocycles. The molecular weight excluding hydrogens is 330 g/mol. The molecule has 0 radical (unpaired) electrons. The van der Waals surface area contributed by atoms with Gasteiger partial charge in [0.2, 0.25) is 0 Å². The number of nitro groups is 1. The highest BCUT2D eigenvalue weighted by molar-refractivity contribution is 6.29. The number of nitrogens with two attached hydrogens (primary N) is 1. The first-order valence-electron chi connectivity index (χ1n) is 8.17. The second kappa shape index (κ2) is 6.66. The van der Waals surface area contributed by atoms with Crippen LogP contribution in [0.3, 0.4) is 0 Å². The van der Waals surface area contributed by atoms with Gasteiger partial charge in [-0.15, -0.1) is 0 Å². The molecule has 2 unspecified atom stereocenters. The fourth-order valence-corrected chi connectivity index (χ4v) is 3.56. The lowest BCUT2D eigenvalue weighted by molar-refractivity contribution is -0.433. The average Bonchev–Trinajstić information content (AvgIpc) is 3.38. The highest BCUT2D eigenvalue weighted by Crippen LogP contribution is 2.39. The fraction of sp³-hybridized carbons (Fsp3) is 0.562. The van der Waals surface area contributed by atoms with Gasteiger partial charge in [0, 0.05) is 25.2 Å². The van der Waals surface area contributed by atoms with Crippen LogP contribution in [-0.2, 0) is 0 Å². The number of rotatable bonds is 5. The van der Waals surface area contributed by atoms with Crippen LogP contribution in [0.5, 0.6) is 0 Å². The second-order valence-corrected chi connectivity index (χ2v) is 6.78. The summed E-state index contributed by atoms with van der Waals surface area (Å²) in [6.07, 6.45) is 4.18. The predicted octanol–water partition coefficient (Wildman–Crippen LogP) is 2.37. The van der Waals surface area contributed by atoms with Crippen LogP contribution in [0, 0.1) is 10.1 Å². The van der Waals surface area contributed by atoms with Gasteiger partial charge < -0.3 is 4.90 Å². The van der Waals surface area contributed by atoms with Gasteiger partial charge in [0.05, 0.1) is 17.2 Å². The Balaban J connectivity index is 2.03. The van der Waals surface area contributed by atoms with E-state index in [-0.39, 0.29) is 29.4 Å². The summed E-state index contributed by atoms with van der Waals surface area (Å²) >= 11 is 5.87. The summed E-state index contributed by atoms with van der Waals surface area (Å²) in [6.45, 7) is 2.30. The van der Waals surface area contributed by atoms with Gasteiger partial charge in [0.15, 0.2) is 0 Å². The Bertz CT molecular complexity index is 659. The molecular formula is C16H22ClN5O2. The van der Waals surface area contributed by atoms with Gasteiger partial charge in [0.25, 0.3) is 5.70 Å². The average molecular weight is 352 g/mol. The van der Waals surface area contributed by atoms with Crippen molar-refractivity contribution >= 4 is 11.6 Å². The van der Waals surface area contributed by atoms with Crippen LogP contribution in [0.1, 0.15) is 37.7 Å². The molecule has 0 aromatic carbocycles.